The first-order valence-corrected chi connectivity index (χ1v) is 4.09. The Morgan fingerprint density at radius 1 is 1.50 bits per heavy atom. The fraction of sp³-hybridized carbons (Fsp3) is 1.00. The highest BCUT2D eigenvalue weighted by atomic mass is 16.7. The molecule has 2 saturated heterocycles. The predicted molar refractivity (Wildman–Crippen MR) is 35.8 cm³/mol. The van der Waals surface area contributed by atoms with E-state index in [0.717, 1.165) is 6.61 Å². The molecule has 0 aromatic rings. The average Bonchev–Trinajstić information content (AvgIpc) is 2.30. The van der Waals surface area contributed by atoms with Crippen LogP contribution < -0.4 is 0 Å². The number of rotatable bonds is 0. The Hall–Kier alpha value is -0.0800. The fourth-order valence-electron chi connectivity index (χ4n) is 2.72. The highest BCUT2D eigenvalue weighted by molar-refractivity contribution is 5.22. The van der Waals surface area contributed by atoms with Gasteiger partial charge in [-0.05, 0) is 26.2 Å². The SMILES string of the molecule is CC12COC13CCCC3O2. The Morgan fingerprint density at radius 3 is 2.80 bits per heavy atom. The Bertz CT molecular complexity index is 192. The molecule has 0 aromatic heterocycles. The van der Waals surface area contributed by atoms with Gasteiger partial charge in [-0.1, -0.05) is 0 Å². The number of hydrogen-bond acceptors (Lipinski definition) is 2. The smallest absolute Gasteiger partial charge is 0.125 e. The van der Waals surface area contributed by atoms with Crippen LogP contribution in [0.5, 0.6) is 0 Å². The topological polar surface area (TPSA) is 18.5 Å². The molecule has 1 aliphatic carbocycles. The van der Waals surface area contributed by atoms with Crippen molar-refractivity contribution in [3.8, 4) is 0 Å². The van der Waals surface area contributed by atoms with E-state index in [1.807, 2.05) is 0 Å². The van der Waals surface area contributed by atoms with E-state index in [2.05, 4.69) is 6.92 Å². The molecule has 3 aliphatic rings. The maximum absolute atomic E-state index is 5.72. The molecular formula is C8H12O2. The molecule has 3 atom stereocenters. The average molecular weight is 140 g/mol. The van der Waals surface area contributed by atoms with E-state index in [1.54, 1.807) is 0 Å². The van der Waals surface area contributed by atoms with E-state index in [0.29, 0.717) is 6.10 Å². The predicted octanol–water partition coefficient (Wildman–Crippen LogP) is 1.10. The standard InChI is InChI=1S/C8H12O2/c1-7-5-9-8(7)4-2-3-6(8)10-7/h6H,2-5H2,1H3. The lowest BCUT2D eigenvalue weighted by atomic mass is 9.71. The second kappa shape index (κ2) is 1.28. The van der Waals surface area contributed by atoms with Crippen molar-refractivity contribution in [2.24, 2.45) is 0 Å². The summed E-state index contributed by atoms with van der Waals surface area (Å²) in [5, 5.41) is 0. The first kappa shape index (κ1) is 5.56. The Labute approximate surface area is 60.5 Å². The van der Waals surface area contributed by atoms with Crippen molar-refractivity contribution in [3.05, 3.63) is 0 Å². The molecule has 3 unspecified atom stereocenters. The summed E-state index contributed by atoms with van der Waals surface area (Å²) in [4.78, 5) is 0. The highest BCUT2D eigenvalue weighted by Gasteiger charge is 2.74. The van der Waals surface area contributed by atoms with Gasteiger partial charge in [0, 0.05) is 0 Å². The molecule has 3 fully saturated rings. The second-order valence-corrected chi connectivity index (χ2v) is 3.91. The molecule has 2 nitrogen and oxygen atoms in total. The Morgan fingerprint density at radius 2 is 2.40 bits per heavy atom. The molecule has 10 heavy (non-hydrogen) atoms. The first-order chi connectivity index (χ1) is 4.77. The summed E-state index contributed by atoms with van der Waals surface area (Å²) in [5.74, 6) is 0. The largest absolute Gasteiger partial charge is 0.366 e. The molecule has 56 valence electrons. The molecule has 2 aliphatic heterocycles. The zero-order chi connectivity index (χ0) is 6.82. The third-order valence-corrected chi connectivity index (χ3v) is 3.44. The summed E-state index contributed by atoms with van der Waals surface area (Å²) in [6.45, 7) is 3.00. The fourth-order valence-corrected chi connectivity index (χ4v) is 2.72. The minimum Gasteiger partial charge on any atom is -0.366 e. The van der Waals surface area contributed by atoms with E-state index in [-0.39, 0.29) is 11.2 Å². The molecule has 0 amide bonds. The quantitative estimate of drug-likeness (QED) is 0.501. The maximum Gasteiger partial charge on any atom is 0.125 e. The van der Waals surface area contributed by atoms with Crippen molar-refractivity contribution in [3.63, 3.8) is 0 Å². The lowest BCUT2D eigenvalue weighted by molar-refractivity contribution is -0.437. The van der Waals surface area contributed by atoms with Crippen LogP contribution in [0.15, 0.2) is 0 Å². The van der Waals surface area contributed by atoms with Crippen molar-refractivity contribution >= 4 is 0 Å². The van der Waals surface area contributed by atoms with E-state index in [9.17, 15) is 0 Å². The summed E-state index contributed by atoms with van der Waals surface area (Å²) >= 11 is 0. The van der Waals surface area contributed by atoms with E-state index >= 15 is 0 Å². The maximum atomic E-state index is 5.72. The molecule has 2 heterocycles. The second-order valence-electron chi connectivity index (χ2n) is 3.91. The first-order valence-electron chi connectivity index (χ1n) is 4.09. The summed E-state index contributed by atoms with van der Waals surface area (Å²) in [5.41, 5.74) is 0.307. The van der Waals surface area contributed by atoms with Crippen LogP contribution in [-0.2, 0) is 9.47 Å². The van der Waals surface area contributed by atoms with Crippen LogP contribution in [-0.4, -0.2) is 23.9 Å². The van der Waals surface area contributed by atoms with Crippen molar-refractivity contribution < 1.29 is 9.47 Å². The summed E-state index contributed by atoms with van der Waals surface area (Å²) in [6.07, 6.45) is 4.19. The van der Waals surface area contributed by atoms with Gasteiger partial charge in [0.15, 0.2) is 0 Å². The lowest BCUT2D eigenvalue weighted by Crippen LogP contribution is -2.81. The van der Waals surface area contributed by atoms with Crippen LogP contribution in [0.25, 0.3) is 0 Å². The summed E-state index contributed by atoms with van der Waals surface area (Å²) < 4.78 is 11.3. The van der Waals surface area contributed by atoms with E-state index < -0.39 is 0 Å². The van der Waals surface area contributed by atoms with Gasteiger partial charge < -0.3 is 9.47 Å². The summed E-state index contributed by atoms with van der Waals surface area (Å²) in [6, 6.07) is 0. The molecule has 0 N–H and O–H groups in total. The van der Waals surface area contributed by atoms with Crippen LogP contribution in [0.3, 0.4) is 0 Å². The van der Waals surface area contributed by atoms with Crippen molar-refractivity contribution in [1.82, 2.24) is 0 Å². The van der Waals surface area contributed by atoms with Crippen LogP contribution in [0, 0.1) is 0 Å². The number of hydrogen-bond donors (Lipinski definition) is 0. The van der Waals surface area contributed by atoms with Gasteiger partial charge in [-0.25, -0.2) is 0 Å². The summed E-state index contributed by atoms with van der Waals surface area (Å²) in [7, 11) is 0. The molecular weight excluding hydrogens is 128 g/mol. The van der Waals surface area contributed by atoms with Gasteiger partial charge in [0.05, 0.1) is 12.7 Å². The van der Waals surface area contributed by atoms with Crippen molar-refractivity contribution in [2.45, 2.75) is 43.5 Å². The number of ether oxygens (including phenoxy) is 2. The van der Waals surface area contributed by atoms with E-state index in [4.69, 9.17) is 9.47 Å². The third kappa shape index (κ3) is 0.330. The lowest BCUT2D eigenvalue weighted by Gasteiger charge is -2.67. The van der Waals surface area contributed by atoms with Crippen molar-refractivity contribution in [2.75, 3.05) is 6.61 Å². The van der Waals surface area contributed by atoms with Gasteiger partial charge in [-0.2, -0.15) is 0 Å². The molecule has 1 saturated carbocycles. The van der Waals surface area contributed by atoms with Crippen LogP contribution in [0.4, 0.5) is 0 Å². The minimum absolute atomic E-state index is 0.119. The molecule has 0 radical (unpaired) electrons. The zero-order valence-electron chi connectivity index (χ0n) is 6.22. The van der Waals surface area contributed by atoms with Gasteiger partial charge in [0.2, 0.25) is 0 Å². The van der Waals surface area contributed by atoms with Gasteiger partial charge in [0.25, 0.3) is 0 Å². The van der Waals surface area contributed by atoms with Crippen molar-refractivity contribution in [1.29, 1.82) is 0 Å². The highest BCUT2D eigenvalue weighted by Crippen LogP contribution is 2.60. The minimum atomic E-state index is 0.119. The molecule has 0 bridgehead atoms. The molecule has 1 spiro atoms. The Balaban J connectivity index is 1.99. The van der Waals surface area contributed by atoms with Crippen LogP contribution >= 0.6 is 0 Å². The Kier molecular flexibility index (Phi) is 0.710. The molecule has 3 rings (SSSR count). The molecule has 2 heteroatoms. The van der Waals surface area contributed by atoms with Crippen LogP contribution in [0.2, 0.25) is 0 Å². The van der Waals surface area contributed by atoms with Gasteiger partial charge in [-0.3, -0.25) is 0 Å². The van der Waals surface area contributed by atoms with Gasteiger partial charge in [-0.15, -0.1) is 0 Å². The molecule has 0 aromatic carbocycles. The monoisotopic (exact) mass is 140 g/mol. The third-order valence-electron chi connectivity index (χ3n) is 3.44. The van der Waals surface area contributed by atoms with Crippen LogP contribution in [0.1, 0.15) is 26.2 Å². The van der Waals surface area contributed by atoms with E-state index in [1.165, 1.54) is 19.3 Å². The van der Waals surface area contributed by atoms with Gasteiger partial charge >= 0.3 is 0 Å². The normalized spacial score (nSPS) is 63.9. The zero-order valence-corrected chi connectivity index (χ0v) is 6.22. The van der Waals surface area contributed by atoms with Gasteiger partial charge in [0.1, 0.15) is 11.2 Å².